The summed E-state index contributed by atoms with van der Waals surface area (Å²) in [5, 5.41) is 2.91. The highest BCUT2D eigenvalue weighted by molar-refractivity contribution is 5.92. The number of rotatable bonds is 7. The van der Waals surface area contributed by atoms with Crippen LogP contribution in [0, 0.1) is 5.92 Å². The highest BCUT2D eigenvalue weighted by Crippen LogP contribution is 2.31. The third-order valence-electron chi connectivity index (χ3n) is 3.94. The van der Waals surface area contributed by atoms with Gasteiger partial charge in [0.05, 0.1) is 13.2 Å². The van der Waals surface area contributed by atoms with Gasteiger partial charge in [0, 0.05) is 24.3 Å². The maximum Gasteiger partial charge on any atom is 0.227 e. The van der Waals surface area contributed by atoms with Crippen LogP contribution in [0.1, 0.15) is 33.1 Å². The van der Waals surface area contributed by atoms with Crippen LogP contribution in [0.25, 0.3) is 0 Å². The summed E-state index contributed by atoms with van der Waals surface area (Å²) in [5.41, 5.74) is 0.716. The van der Waals surface area contributed by atoms with Crippen molar-refractivity contribution in [1.29, 1.82) is 0 Å². The second-order valence-electron chi connectivity index (χ2n) is 5.61. The van der Waals surface area contributed by atoms with Crippen molar-refractivity contribution >= 4 is 11.6 Å². The SMILES string of the molecule is CC[C@@H](C)C(=O)Nc1ccc(OC)c(OC[C@H]2CCCO2)c1. The van der Waals surface area contributed by atoms with Gasteiger partial charge in [-0.2, -0.15) is 0 Å². The van der Waals surface area contributed by atoms with Crippen LogP contribution >= 0.6 is 0 Å². The van der Waals surface area contributed by atoms with E-state index in [2.05, 4.69) is 5.32 Å². The van der Waals surface area contributed by atoms with E-state index in [4.69, 9.17) is 14.2 Å². The Bertz CT molecular complexity index is 497. The van der Waals surface area contributed by atoms with Gasteiger partial charge >= 0.3 is 0 Å². The van der Waals surface area contributed by atoms with Crippen LogP contribution in [0.3, 0.4) is 0 Å². The van der Waals surface area contributed by atoms with Crippen molar-refractivity contribution in [2.45, 2.75) is 39.2 Å². The van der Waals surface area contributed by atoms with E-state index in [1.54, 1.807) is 19.2 Å². The van der Waals surface area contributed by atoms with Crippen molar-refractivity contribution < 1.29 is 19.0 Å². The molecule has 1 aromatic rings. The number of hydrogen-bond acceptors (Lipinski definition) is 4. The number of ether oxygens (including phenoxy) is 3. The first-order valence-corrected chi connectivity index (χ1v) is 7.87. The summed E-state index contributed by atoms with van der Waals surface area (Å²) < 4.78 is 16.7. The third kappa shape index (κ3) is 4.37. The molecule has 5 heteroatoms. The number of nitrogens with one attached hydrogen (secondary N) is 1. The van der Waals surface area contributed by atoms with Crippen LogP contribution in [0.15, 0.2) is 18.2 Å². The molecule has 2 atom stereocenters. The van der Waals surface area contributed by atoms with E-state index in [1.165, 1.54) is 0 Å². The van der Waals surface area contributed by atoms with Gasteiger partial charge in [-0.25, -0.2) is 0 Å². The molecule has 0 bridgehead atoms. The lowest BCUT2D eigenvalue weighted by Gasteiger charge is -2.16. The van der Waals surface area contributed by atoms with Gasteiger partial charge < -0.3 is 19.5 Å². The molecule has 2 rings (SSSR count). The summed E-state index contributed by atoms with van der Waals surface area (Å²) in [6.07, 6.45) is 3.05. The predicted molar refractivity (Wildman–Crippen MR) is 85.5 cm³/mol. The number of benzene rings is 1. The quantitative estimate of drug-likeness (QED) is 0.840. The summed E-state index contributed by atoms with van der Waals surface area (Å²) in [7, 11) is 1.60. The number of amides is 1. The molecular weight excluding hydrogens is 282 g/mol. The van der Waals surface area contributed by atoms with Crippen LogP contribution < -0.4 is 14.8 Å². The van der Waals surface area contributed by atoms with E-state index in [9.17, 15) is 4.79 Å². The van der Waals surface area contributed by atoms with Gasteiger partial charge in [-0.3, -0.25) is 4.79 Å². The largest absolute Gasteiger partial charge is 0.493 e. The molecule has 1 amide bonds. The standard InChI is InChI=1S/C17H25NO4/c1-4-12(2)17(19)18-13-7-8-15(20-3)16(10-13)22-11-14-6-5-9-21-14/h7-8,10,12,14H,4-6,9,11H2,1-3H3,(H,18,19)/t12-,14-/m1/s1. The monoisotopic (exact) mass is 307 g/mol. The first kappa shape index (κ1) is 16.6. The molecule has 5 nitrogen and oxygen atoms in total. The Morgan fingerprint density at radius 2 is 2.27 bits per heavy atom. The van der Waals surface area contributed by atoms with Crippen LogP contribution in [0.4, 0.5) is 5.69 Å². The van der Waals surface area contributed by atoms with Crippen molar-refractivity contribution in [3.63, 3.8) is 0 Å². The first-order valence-electron chi connectivity index (χ1n) is 7.87. The van der Waals surface area contributed by atoms with Crippen molar-refractivity contribution in [3.05, 3.63) is 18.2 Å². The summed E-state index contributed by atoms with van der Waals surface area (Å²) in [4.78, 5) is 12.0. The minimum absolute atomic E-state index is 0.0118. The Kier molecular flexibility index (Phi) is 6.07. The Hall–Kier alpha value is -1.75. The Balaban J connectivity index is 2.03. The molecule has 0 radical (unpaired) electrons. The van der Waals surface area contributed by atoms with E-state index in [-0.39, 0.29) is 17.9 Å². The molecule has 0 unspecified atom stereocenters. The molecule has 1 aliphatic rings. The van der Waals surface area contributed by atoms with Gasteiger partial charge in [0.2, 0.25) is 5.91 Å². The molecule has 122 valence electrons. The molecule has 0 aliphatic carbocycles. The lowest BCUT2D eigenvalue weighted by atomic mass is 10.1. The van der Waals surface area contributed by atoms with Crippen molar-refractivity contribution in [3.8, 4) is 11.5 Å². The smallest absolute Gasteiger partial charge is 0.227 e. The van der Waals surface area contributed by atoms with E-state index in [1.807, 2.05) is 19.9 Å². The Morgan fingerprint density at radius 3 is 2.91 bits per heavy atom. The molecule has 1 aromatic carbocycles. The Labute approximate surface area is 131 Å². The van der Waals surface area contributed by atoms with Crippen molar-refractivity contribution in [2.75, 3.05) is 25.6 Å². The zero-order chi connectivity index (χ0) is 15.9. The van der Waals surface area contributed by atoms with Gasteiger partial charge in [0.1, 0.15) is 6.61 Å². The lowest BCUT2D eigenvalue weighted by Crippen LogP contribution is -2.20. The number of carbonyl (C=O) groups is 1. The number of methoxy groups -OCH3 is 1. The second kappa shape index (κ2) is 8.03. The predicted octanol–water partition coefficient (Wildman–Crippen LogP) is 3.24. The Morgan fingerprint density at radius 1 is 1.45 bits per heavy atom. The number of anilines is 1. The van der Waals surface area contributed by atoms with E-state index in [0.29, 0.717) is 23.8 Å². The van der Waals surface area contributed by atoms with Gasteiger partial charge in [0.25, 0.3) is 0 Å². The van der Waals surface area contributed by atoms with E-state index < -0.39 is 0 Å². The van der Waals surface area contributed by atoms with E-state index in [0.717, 1.165) is 25.9 Å². The zero-order valence-corrected chi connectivity index (χ0v) is 13.6. The fraction of sp³-hybridized carbons (Fsp3) is 0.588. The summed E-state index contributed by atoms with van der Waals surface area (Å²) in [6.45, 7) is 5.21. The summed E-state index contributed by atoms with van der Waals surface area (Å²) in [5.74, 6) is 1.27. The number of carbonyl (C=O) groups excluding carboxylic acids is 1. The van der Waals surface area contributed by atoms with Crippen molar-refractivity contribution in [2.24, 2.45) is 5.92 Å². The molecule has 1 aliphatic heterocycles. The molecule has 1 heterocycles. The third-order valence-corrected chi connectivity index (χ3v) is 3.94. The molecule has 0 spiro atoms. The minimum atomic E-state index is -0.0154. The second-order valence-corrected chi connectivity index (χ2v) is 5.61. The highest BCUT2D eigenvalue weighted by atomic mass is 16.5. The first-order chi connectivity index (χ1) is 10.6. The fourth-order valence-corrected chi connectivity index (χ4v) is 2.28. The average molecular weight is 307 g/mol. The topological polar surface area (TPSA) is 56.8 Å². The molecule has 0 saturated carbocycles. The molecule has 1 N–H and O–H groups in total. The van der Waals surface area contributed by atoms with Gasteiger partial charge in [-0.05, 0) is 31.4 Å². The normalized spacial score (nSPS) is 18.8. The fourth-order valence-electron chi connectivity index (χ4n) is 2.28. The molecule has 22 heavy (non-hydrogen) atoms. The molecular formula is C17H25NO4. The average Bonchev–Trinajstić information content (AvgIpc) is 3.05. The summed E-state index contributed by atoms with van der Waals surface area (Å²) in [6, 6.07) is 5.42. The minimum Gasteiger partial charge on any atom is -0.493 e. The molecule has 0 aromatic heterocycles. The molecule has 1 fully saturated rings. The van der Waals surface area contributed by atoms with Gasteiger partial charge in [-0.15, -0.1) is 0 Å². The molecule has 1 saturated heterocycles. The van der Waals surface area contributed by atoms with E-state index >= 15 is 0 Å². The van der Waals surface area contributed by atoms with Crippen LogP contribution in [0.5, 0.6) is 11.5 Å². The maximum absolute atomic E-state index is 12.0. The highest BCUT2D eigenvalue weighted by Gasteiger charge is 2.18. The zero-order valence-electron chi connectivity index (χ0n) is 13.6. The number of hydrogen-bond donors (Lipinski definition) is 1. The van der Waals surface area contributed by atoms with Gasteiger partial charge in [-0.1, -0.05) is 13.8 Å². The van der Waals surface area contributed by atoms with Crippen LogP contribution in [-0.4, -0.2) is 32.3 Å². The van der Waals surface area contributed by atoms with Crippen molar-refractivity contribution in [1.82, 2.24) is 0 Å². The van der Waals surface area contributed by atoms with Gasteiger partial charge in [0.15, 0.2) is 11.5 Å². The van der Waals surface area contributed by atoms with Crippen LogP contribution in [-0.2, 0) is 9.53 Å². The maximum atomic E-state index is 12.0. The van der Waals surface area contributed by atoms with Crippen LogP contribution in [0.2, 0.25) is 0 Å². The lowest BCUT2D eigenvalue weighted by molar-refractivity contribution is -0.119. The summed E-state index contributed by atoms with van der Waals surface area (Å²) >= 11 is 0.